The third kappa shape index (κ3) is 3.12. The first-order valence-corrected chi connectivity index (χ1v) is 7.76. The minimum atomic E-state index is -0.512. The Kier molecular flexibility index (Phi) is 4.72. The number of anilines is 2. The van der Waals surface area contributed by atoms with E-state index < -0.39 is 5.97 Å². The Bertz CT molecular complexity index is 548. The number of nitrogens with two attached hydrogens (primary N) is 1. The molecule has 1 fully saturated rings. The molecule has 1 aromatic rings. The number of nitrogens with zero attached hydrogens (tertiary/aromatic N) is 1. The van der Waals surface area contributed by atoms with Crippen molar-refractivity contribution in [3.63, 3.8) is 0 Å². The molecule has 2 rings (SSSR count). The molecule has 0 bridgehead atoms. The van der Waals surface area contributed by atoms with Gasteiger partial charge in [-0.2, -0.15) is 0 Å². The molecule has 0 saturated heterocycles. The largest absolute Gasteiger partial charge is 0.465 e. The molecular weight excluding hydrogens is 290 g/mol. The van der Waals surface area contributed by atoms with Crippen molar-refractivity contribution in [1.29, 1.82) is 0 Å². The number of hydrogen-bond donors (Lipinski definition) is 2. The van der Waals surface area contributed by atoms with Crippen LogP contribution in [-0.2, 0) is 4.74 Å². The van der Waals surface area contributed by atoms with Crippen molar-refractivity contribution in [3.8, 4) is 0 Å². The molecule has 0 atom stereocenters. The molecule has 1 aliphatic carbocycles. The molecule has 1 aromatic heterocycles. The van der Waals surface area contributed by atoms with Crippen LogP contribution in [-0.4, -0.2) is 44.0 Å². The number of carbonyl (C=O) groups is 2. The monoisotopic (exact) mass is 311 g/mol. The van der Waals surface area contributed by atoms with Crippen molar-refractivity contribution >= 4 is 33.9 Å². The maximum absolute atomic E-state index is 12.2. The second-order valence-electron chi connectivity index (χ2n) is 5.37. The number of methoxy groups -OCH3 is 1. The molecule has 0 unspecified atom stereocenters. The number of esters is 1. The third-order valence-corrected chi connectivity index (χ3v) is 4.75. The Morgan fingerprint density at radius 3 is 2.48 bits per heavy atom. The zero-order chi connectivity index (χ0) is 15.6. The number of nitrogens with one attached hydrogen (secondary N) is 1. The molecule has 0 radical (unpaired) electrons. The van der Waals surface area contributed by atoms with E-state index in [1.54, 1.807) is 14.1 Å². The van der Waals surface area contributed by atoms with E-state index in [2.05, 4.69) is 5.32 Å². The van der Waals surface area contributed by atoms with Crippen LogP contribution >= 0.6 is 11.3 Å². The van der Waals surface area contributed by atoms with Gasteiger partial charge in [0.05, 0.1) is 12.8 Å². The molecule has 7 heteroatoms. The maximum atomic E-state index is 12.2. The van der Waals surface area contributed by atoms with E-state index in [0.29, 0.717) is 15.9 Å². The summed E-state index contributed by atoms with van der Waals surface area (Å²) in [7, 11) is 4.62. The van der Waals surface area contributed by atoms with Gasteiger partial charge < -0.3 is 20.7 Å². The van der Waals surface area contributed by atoms with Gasteiger partial charge in [0.2, 0.25) is 0 Å². The lowest BCUT2D eigenvalue weighted by Crippen LogP contribution is -2.21. The van der Waals surface area contributed by atoms with E-state index in [0.717, 1.165) is 12.8 Å². The lowest BCUT2D eigenvalue weighted by atomic mass is 10.2. The molecule has 0 spiro atoms. The van der Waals surface area contributed by atoms with Crippen LogP contribution in [0.25, 0.3) is 0 Å². The predicted molar refractivity (Wildman–Crippen MR) is 84.0 cm³/mol. The zero-order valence-corrected chi connectivity index (χ0v) is 13.4. The fourth-order valence-corrected chi connectivity index (χ4v) is 3.67. The molecule has 0 aliphatic heterocycles. The highest BCUT2D eigenvalue weighted by Crippen LogP contribution is 2.38. The van der Waals surface area contributed by atoms with E-state index in [9.17, 15) is 9.59 Å². The van der Waals surface area contributed by atoms with Gasteiger partial charge in [0.1, 0.15) is 15.4 Å². The van der Waals surface area contributed by atoms with Gasteiger partial charge in [0.25, 0.3) is 5.91 Å². The van der Waals surface area contributed by atoms with Gasteiger partial charge in [-0.15, -0.1) is 11.3 Å². The van der Waals surface area contributed by atoms with Crippen LogP contribution in [0.2, 0.25) is 0 Å². The van der Waals surface area contributed by atoms with Gasteiger partial charge >= 0.3 is 5.97 Å². The summed E-state index contributed by atoms with van der Waals surface area (Å²) in [5.41, 5.74) is 6.49. The van der Waals surface area contributed by atoms with Gasteiger partial charge in [-0.05, 0) is 12.8 Å². The molecule has 21 heavy (non-hydrogen) atoms. The highest BCUT2D eigenvalue weighted by molar-refractivity contribution is 7.19. The molecule has 0 aromatic carbocycles. The quantitative estimate of drug-likeness (QED) is 0.833. The summed E-state index contributed by atoms with van der Waals surface area (Å²) in [5.74, 6) is -0.718. The molecule has 6 nitrogen and oxygen atoms in total. The van der Waals surface area contributed by atoms with Gasteiger partial charge in [-0.1, -0.05) is 12.8 Å². The van der Waals surface area contributed by atoms with E-state index >= 15 is 0 Å². The third-order valence-electron chi connectivity index (χ3n) is 3.63. The van der Waals surface area contributed by atoms with Gasteiger partial charge in [0, 0.05) is 20.1 Å². The van der Waals surface area contributed by atoms with Crippen molar-refractivity contribution in [2.24, 2.45) is 0 Å². The highest BCUT2D eigenvalue weighted by Gasteiger charge is 2.28. The summed E-state index contributed by atoms with van der Waals surface area (Å²) in [4.78, 5) is 26.0. The summed E-state index contributed by atoms with van der Waals surface area (Å²) in [6.45, 7) is 0. The fourth-order valence-electron chi connectivity index (χ4n) is 2.47. The first kappa shape index (κ1) is 15.6. The number of amides is 1. The summed E-state index contributed by atoms with van der Waals surface area (Å²) in [6, 6.07) is 0.328. The van der Waals surface area contributed by atoms with E-state index in [1.807, 2.05) is 0 Å². The predicted octanol–water partition coefficient (Wildman–Crippen LogP) is 2.17. The van der Waals surface area contributed by atoms with Gasteiger partial charge in [-0.3, -0.25) is 4.79 Å². The topological polar surface area (TPSA) is 84.7 Å². The Labute approximate surface area is 128 Å². The second-order valence-corrected chi connectivity index (χ2v) is 6.39. The average molecular weight is 311 g/mol. The van der Waals surface area contributed by atoms with Crippen LogP contribution in [0.5, 0.6) is 0 Å². The van der Waals surface area contributed by atoms with Crippen molar-refractivity contribution in [2.75, 3.05) is 32.3 Å². The molecule has 1 amide bonds. The van der Waals surface area contributed by atoms with E-state index in [-0.39, 0.29) is 17.2 Å². The lowest BCUT2D eigenvalue weighted by Gasteiger charge is -2.12. The summed E-state index contributed by atoms with van der Waals surface area (Å²) in [5, 5.41) is 3.98. The minimum absolute atomic E-state index is 0.200. The van der Waals surface area contributed by atoms with Crippen molar-refractivity contribution in [3.05, 3.63) is 10.4 Å². The molecule has 1 heterocycles. The Balaban J connectivity index is 2.38. The summed E-state index contributed by atoms with van der Waals surface area (Å²) >= 11 is 1.22. The fraction of sp³-hybridized carbons (Fsp3) is 0.571. The number of carbonyl (C=O) groups excluding carboxylic acids is 2. The number of ether oxygens (including phenoxy) is 1. The second kappa shape index (κ2) is 6.34. The standard InChI is InChI=1S/C14H21N3O3S/c1-17(2)13(18)11-10(15)9(14(19)20-3)12(21-11)16-8-6-4-5-7-8/h8,16H,4-7,15H2,1-3H3. The Morgan fingerprint density at radius 1 is 1.33 bits per heavy atom. The van der Waals surface area contributed by atoms with Crippen LogP contribution in [0.3, 0.4) is 0 Å². The normalized spacial score (nSPS) is 15.0. The SMILES string of the molecule is COC(=O)c1c(NC2CCCC2)sc(C(=O)N(C)C)c1N. The molecule has 1 aliphatic rings. The summed E-state index contributed by atoms with van der Waals surface area (Å²) in [6.07, 6.45) is 4.48. The van der Waals surface area contributed by atoms with Crippen LogP contribution in [0.1, 0.15) is 45.7 Å². The lowest BCUT2D eigenvalue weighted by molar-refractivity contribution is 0.0603. The number of nitrogen functional groups attached to an aromatic ring is 1. The van der Waals surface area contributed by atoms with Gasteiger partial charge in [0.15, 0.2) is 0 Å². The van der Waals surface area contributed by atoms with Crippen LogP contribution < -0.4 is 11.1 Å². The van der Waals surface area contributed by atoms with Gasteiger partial charge in [-0.25, -0.2) is 4.79 Å². The average Bonchev–Trinajstić information content (AvgIpc) is 3.06. The van der Waals surface area contributed by atoms with Crippen LogP contribution in [0.15, 0.2) is 0 Å². The number of rotatable bonds is 4. The number of thiophene rings is 1. The highest BCUT2D eigenvalue weighted by atomic mass is 32.1. The van der Waals surface area contributed by atoms with Crippen molar-refractivity contribution in [1.82, 2.24) is 4.90 Å². The smallest absolute Gasteiger partial charge is 0.343 e. The Hall–Kier alpha value is -1.76. The van der Waals surface area contributed by atoms with E-state index in [4.69, 9.17) is 10.5 Å². The summed E-state index contributed by atoms with van der Waals surface area (Å²) < 4.78 is 4.80. The molecular formula is C14H21N3O3S. The van der Waals surface area contributed by atoms with E-state index in [1.165, 1.54) is 36.2 Å². The van der Waals surface area contributed by atoms with Crippen molar-refractivity contribution < 1.29 is 14.3 Å². The van der Waals surface area contributed by atoms with Crippen LogP contribution in [0, 0.1) is 0 Å². The maximum Gasteiger partial charge on any atom is 0.343 e. The molecule has 116 valence electrons. The first-order valence-electron chi connectivity index (χ1n) is 6.94. The van der Waals surface area contributed by atoms with Crippen LogP contribution in [0.4, 0.5) is 10.7 Å². The number of hydrogen-bond acceptors (Lipinski definition) is 6. The molecule has 3 N–H and O–H groups in total. The molecule has 1 saturated carbocycles. The Morgan fingerprint density at radius 2 is 1.95 bits per heavy atom. The minimum Gasteiger partial charge on any atom is -0.465 e. The van der Waals surface area contributed by atoms with Crippen molar-refractivity contribution in [2.45, 2.75) is 31.7 Å². The first-order chi connectivity index (χ1) is 9.95. The zero-order valence-electron chi connectivity index (χ0n) is 12.6.